The average Bonchev–Trinajstić information content (AvgIpc) is 2.20. The molecule has 1 aromatic carbocycles. The predicted molar refractivity (Wildman–Crippen MR) is 70.5 cm³/mol. The third-order valence-corrected chi connectivity index (χ3v) is 2.97. The van der Waals surface area contributed by atoms with Crippen LogP contribution in [0.3, 0.4) is 0 Å². The van der Waals surface area contributed by atoms with Crippen LogP contribution >= 0.6 is 31.9 Å². The fourth-order valence-electron chi connectivity index (χ4n) is 1.13. The molecule has 0 heterocycles. The van der Waals surface area contributed by atoms with E-state index in [1.54, 1.807) is 0 Å². The van der Waals surface area contributed by atoms with E-state index in [4.69, 9.17) is 4.74 Å². The van der Waals surface area contributed by atoms with E-state index < -0.39 is 0 Å². The molecular formula is C11H15Br2NO. The molecule has 2 nitrogen and oxygen atoms in total. The van der Waals surface area contributed by atoms with Gasteiger partial charge in [0.1, 0.15) is 12.4 Å². The molecule has 0 fully saturated rings. The highest BCUT2D eigenvalue weighted by atomic mass is 79.9. The Morgan fingerprint density at radius 2 is 2.07 bits per heavy atom. The molecule has 0 unspecified atom stereocenters. The Hall–Kier alpha value is -0.0600. The first-order valence-corrected chi connectivity index (χ1v) is 6.61. The summed E-state index contributed by atoms with van der Waals surface area (Å²) in [5, 5.41) is 3.29. The third kappa shape index (κ3) is 5.00. The lowest BCUT2D eigenvalue weighted by atomic mass is 10.3. The van der Waals surface area contributed by atoms with Crippen LogP contribution in [0.2, 0.25) is 0 Å². The summed E-state index contributed by atoms with van der Waals surface area (Å²) >= 11 is 6.86. The smallest absolute Gasteiger partial charge is 0.133 e. The normalized spacial score (nSPS) is 10.3. The largest absolute Gasteiger partial charge is 0.491 e. The summed E-state index contributed by atoms with van der Waals surface area (Å²) in [5.41, 5.74) is 0. The van der Waals surface area contributed by atoms with Gasteiger partial charge in [-0.25, -0.2) is 0 Å². The fourth-order valence-corrected chi connectivity index (χ4v) is 2.29. The zero-order valence-electron chi connectivity index (χ0n) is 8.72. The average molecular weight is 337 g/mol. The van der Waals surface area contributed by atoms with Crippen molar-refractivity contribution in [2.75, 3.05) is 19.7 Å². The molecule has 15 heavy (non-hydrogen) atoms. The fraction of sp³-hybridized carbons (Fsp3) is 0.455. The van der Waals surface area contributed by atoms with Crippen LogP contribution in [0.5, 0.6) is 5.75 Å². The van der Waals surface area contributed by atoms with E-state index in [1.165, 1.54) is 0 Å². The summed E-state index contributed by atoms with van der Waals surface area (Å²) < 4.78 is 7.63. The van der Waals surface area contributed by atoms with Crippen LogP contribution in [0.15, 0.2) is 27.1 Å². The van der Waals surface area contributed by atoms with Crippen LogP contribution in [0.25, 0.3) is 0 Å². The summed E-state index contributed by atoms with van der Waals surface area (Å²) in [5.74, 6) is 0.886. The summed E-state index contributed by atoms with van der Waals surface area (Å²) in [6.45, 7) is 4.78. The first-order chi connectivity index (χ1) is 7.24. The van der Waals surface area contributed by atoms with Gasteiger partial charge in [0.2, 0.25) is 0 Å². The van der Waals surface area contributed by atoms with Crippen LogP contribution in [0.1, 0.15) is 13.3 Å². The monoisotopic (exact) mass is 335 g/mol. The van der Waals surface area contributed by atoms with Crippen molar-refractivity contribution in [3.05, 3.63) is 27.1 Å². The van der Waals surface area contributed by atoms with Gasteiger partial charge in [-0.15, -0.1) is 0 Å². The van der Waals surface area contributed by atoms with Gasteiger partial charge in [-0.1, -0.05) is 22.9 Å². The van der Waals surface area contributed by atoms with Gasteiger partial charge in [-0.05, 0) is 47.1 Å². The van der Waals surface area contributed by atoms with E-state index >= 15 is 0 Å². The van der Waals surface area contributed by atoms with Gasteiger partial charge < -0.3 is 10.1 Å². The molecule has 0 spiro atoms. The lowest BCUT2D eigenvalue weighted by Crippen LogP contribution is -2.21. The number of rotatable bonds is 6. The summed E-state index contributed by atoms with van der Waals surface area (Å²) in [6, 6.07) is 5.91. The van der Waals surface area contributed by atoms with Gasteiger partial charge in [0, 0.05) is 11.0 Å². The minimum atomic E-state index is 0.695. The van der Waals surface area contributed by atoms with Crippen molar-refractivity contribution in [3.8, 4) is 5.75 Å². The van der Waals surface area contributed by atoms with Gasteiger partial charge in [0.25, 0.3) is 0 Å². The number of halogens is 2. The first kappa shape index (κ1) is 13.0. The Kier molecular flexibility index (Phi) is 6.29. The molecule has 0 saturated heterocycles. The van der Waals surface area contributed by atoms with Crippen molar-refractivity contribution < 1.29 is 4.74 Å². The molecule has 0 aliphatic rings. The molecule has 1 rings (SSSR count). The predicted octanol–water partition coefficient (Wildman–Crippen LogP) is 3.59. The molecule has 0 saturated carbocycles. The molecule has 1 N–H and O–H groups in total. The second-order valence-electron chi connectivity index (χ2n) is 3.17. The molecule has 1 aromatic rings. The third-order valence-electron chi connectivity index (χ3n) is 1.86. The highest BCUT2D eigenvalue weighted by Crippen LogP contribution is 2.27. The van der Waals surface area contributed by atoms with Gasteiger partial charge in [-0.2, -0.15) is 0 Å². The number of benzene rings is 1. The summed E-state index contributed by atoms with van der Waals surface area (Å²) in [4.78, 5) is 0. The molecule has 0 aromatic heterocycles. The highest BCUT2D eigenvalue weighted by molar-refractivity contribution is 9.11. The zero-order valence-corrected chi connectivity index (χ0v) is 11.9. The molecule has 4 heteroatoms. The Bertz CT molecular complexity index is 305. The maximum Gasteiger partial charge on any atom is 0.133 e. The SMILES string of the molecule is CCCNCCOc1ccc(Br)cc1Br. The van der Waals surface area contributed by atoms with Crippen molar-refractivity contribution in [1.82, 2.24) is 5.32 Å². The lowest BCUT2D eigenvalue weighted by molar-refractivity contribution is 0.312. The van der Waals surface area contributed by atoms with Crippen LogP contribution in [-0.4, -0.2) is 19.7 Å². The molecule has 0 amide bonds. The van der Waals surface area contributed by atoms with Crippen molar-refractivity contribution >= 4 is 31.9 Å². The number of hydrogen-bond acceptors (Lipinski definition) is 2. The molecule has 0 radical (unpaired) electrons. The standard InChI is InChI=1S/C11H15Br2NO/c1-2-5-14-6-7-15-11-4-3-9(12)8-10(11)13/h3-4,8,14H,2,5-7H2,1H3. The lowest BCUT2D eigenvalue weighted by Gasteiger charge is -2.08. The second-order valence-corrected chi connectivity index (χ2v) is 4.94. The summed E-state index contributed by atoms with van der Waals surface area (Å²) in [6.07, 6.45) is 1.15. The molecule has 0 aliphatic heterocycles. The zero-order chi connectivity index (χ0) is 11.1. The molecule has 84 valence electrons. The van der Waals surface area contributed by atoms with Crippen molar-refractivity contribution in [3.63, 3.8) is 0 Å². The maximum absolute atomic E-state index is 5.61. The van der Waals surface area contributed by atoms with Crippen LogP contribution in [-0.2, 0) is 0 Å². The van der Waals surface area contributed by atoms with Gasteiger partial charge in [-0.3, -0.25) is 0 Å². The van der Waals surface area contributed by atoms with E-state index in [1.807, 2.05) is 18.2 Å². The number of ether oxygens (including phenoxy) is 1. The molecule has 0 atom stereocenters. The minimum Gasteiger partial charge on any atom is -0.491 e. The van der Waals surface area contributed by atoms with E-state index in [9.17, 15) is 0 Å². The van der Waals surface area contributed by atoms with Crippen molar-refractivity contribution in [2.45, 2.75) is 13.3 Å². The first-order valence-electron chi connectivity index (χ1n) is 5.02. The Labute approximate surface area is 108 Å². The van der Waals surface area contributed by atoms with Gasteiger partial charge in [0.05, 0.1) is 4.47 Å². The second kappa shape index (κ2) is 7.25. The topological polar surface area (TPSA) is 21.3 Å². The molecular weight excluding hydrogens is 322 g/mol. The Balaban J connectivity index is 2.31. The van der Waals surface area contributed by atoms with Gasteiger partial charge >= 0.3 is 0 Å². The Morgan fingerprint density at radius 3 is 2.73 bits per heavy atom. The molecule has 0 aliphatic carbocycles. The summed E-state index contributed by atoms with van der Waals surface area (Å²) in [7, 11) is 0. The van der Waals surface area contributed by atoms with E-state index in [-0.39, 0.29) is 0 Å². The van der Waals surface area contributed by atoms with Crippen LogP contribution in [0, 0.1) is 0 Å². The number of hydrogen-bond donors (Lipinski definition) is 1. The van der Waals surface area contributed by atoms with Crippen LogP contribution in [0.4, 0.5) is 0 Å². The quantitative estimate of drug-likeness (QED) is 0.801. The maximum atomic E-state index is 5.61. The van der Waals surface area contributed by atoms with Crippen molar-refractivity contribution in [2.24, 2.45) is 0 Å². The minimum absolute atomic E-state index is 0.695. The van der Waals surface area contributed by atoms with E-state index in [0.717, 1.165) is 34.2 Å². The van der Waals surface area contributed by atoms with Gasteiger partial charge in [0.15, 0.2) is 0 Å². The number of nitrogens with one attached hydrogen (secondary N) is 1. The van der Waals surface area contributed by atoms with E-state index in [0.29, 0.717) is 6.61 Å². The van der Waals surface area contributed by atoms with Crippen molar-refractivity contribution in [1.29, 1.82) is 0 Å². The highest BCUT2D eigenvalue weighted by Gasteiger charge is 2.00. The van der Waals surface area contributed by atoms with E-state index in [2.05, 4.69) is 44.1 Å². The Morgan fingerprint density at radius 1 is 1.27 bits per heavy atom. The molecule has 0 bridgehead atoms. The van der Waals surface area contributed by atoms with Crippen LogP contribution < -0.4 is 10.1 Å².